The first kappa shape index (κ1) is 9.64. The Kier molecular flexibility index (Phi) is 2.28. The second-order valence-corrected chi connectivity index (χ2v) is 4.45. The van der Waals surface area contributed by atoms with E-state index in [1.165, 1.54) is 11.1 Å². The second-order valence-electron chi connectivity index (χ2n) is 4.45. The number of hydrogen-bond acceptors (Lipinski definition) is 2. The van der Waals surface area contributed by atoms with Gasteiger partial charge in [0, 0.05) is 11.5 Å². The van der Waals surface area contributed by atoms with E-state index in [9.17, 15) is 4.79 Å². The number of esters is 1. The van der Waals surface area contributed by atoms with Gasteiger partial charge in [-0.1, -0.05) is 30.3 Å². The fourth-order valence-corrected chi connectivity index (χ4v) is 2.70. The van der Waals surface area contributed by atoms with Crippen molar-refractivity contribution in [2.45, 2.75) is 19.3 Å². The van der Waals surface area contributed by atoms with Crippen molar-refractivity contribution < 1.29 is 9.53 Å². The number of benzene rings is 1. The van der Waals surface area contributed by atoms with Crippen molar-refractivity contribution in [3.63, 3.8) is 0 Å². The van der Waals surface area contributed by atoms with Crippen LogP contribution in [-0.2, 0) is 9.53 Å². The van der Waals surface area contributed by atoms with Crippen molar-refractivity contribution in [3.8, 4) is 0 Å². The third-order valence-electron chi connectivity index (χ3n) is 3.47. The van der Waals surface area contributed by atoms with Crippen LogP contribution in [0.15, 0.2) is 35.9 Å². The van der Waals surface area contributed by atoms with Gasteiger partial charge in [-0.2, -0.15) is 0 Å². The Labute approximate surface area is 94.9 Å². The van der Waals surface area contributed by atoms with E-state index in [-0.39, 0.29) is 5.97 Å². The van der Waals surface area contributed by atoms with E-state index in [4.69, 9.17) is 4.74 Å². The molecule has 2 aliphatic rings. The van der Waals surface area contributed by atoms with Crippen LogP contribution in [-0.4, -0.2) is 12.6 Å². The van der Waals surface area contributed by atoms with Gasteiger partial charge in [0.2, 0.25) is 0 Å². The summed E-state index contributed by atoms with van der Waals surface area (Å²) >= 11 is 0. The van der Waals surface area contributed by atoms with Gasteiger partial charge in [0.15, 0.2) is 0 Å². The zero-order valence-corrected chi connectivity index (χ0v) is 9.11. The molecule has 2 nitrogen and oxygen atoms in total. The Morgan fingerprint density at radius 3 is 2.81 bits per heavy atom. The minimum Gasteiger partial charge on any atom is -0.462 e. The molecule has 1 saturated heterocycles. The first-order valence-electron chi connectivity index (χ1n) is 5.82. The van der Waals surface area contributed by atoms with Crippen molar-refractivity contribution in [1.82, 2.24) is 0 Å². The minimum absolute atomic E-state index is 0.0939. The number of fused-ring (bicyclic) bond motifs is 1. The van der Waals surface area contributed by atoms with Crippen molar-refractivity contribution in [3.05, 3.63) is 41.5 Å². The summed E-state index contributed by atoms with van der Waals surface area (Å²) < 4.78 is 5.15. The van der Waals surface area contributed by atoms with Gasteiger partial charge in [0.1, 0.15) is 0 Å². The van der Waals surface area contributed by atoms with Gasteiger partial charge in [-0.3, -0.25) is 0 Å². The summed E-state index contributed by atoms with van der Waals surface area (Å²) in [7, 11) is 0. The SMILES string of the molecule is O=C1OCC2CCCC(c3ccccc3)=C12. The molecule has 1 heterocycles. The van der Waals surface area contributed by atoms with Gasteiger partial charge in [-0.05, 0) is 30.4 Å². The first-order valence-corrected chi connectivity index (χ1v) is 5.82. The fraction of sp³-hybridized carbons (Fsp3) is 0.357. The molecule has 1 atom stereocenters. The van der Waals surface area contributed by atoms with Crippen LogP contribution in [0.25, 0.3) is 5.57 Å². The van der Waals surface area contributed by atoms with Crippen LogP contribution in [0.2, 0.25) is 0 Å². The zero-order chi connectivity index (χ0) is 11.0. The highest BCUT2D eigenvalue weighted by atomic mass is 16.5. The quantitative estimate of drug-likeness (QED) is 0.672. The highest BCUT2D eigenvalue weighted by Gasteiger charge is 2.35. The average molecular weight is 214 g/mol. The number of rotatable bonds is 1. The van der Waals surface area contributed by atoms with Crippen LogP contribution in [0.5, 0.6) is 0 Å². The molecule has 0 N–H and O–H groups in total. The molecule has 1 aliphatic heterocycles. The van der Waals surface area contributed by atoms with Crippen LogP contribution in [0.1, 0.15) is 24.8 Å². The maximum absolute atomic E-state index is 11.7. The lowest BCUT2D eigenvalue weighted by Crippen LogP contribution is -2.11. The number of hydrogen-bond donors (Lipinski definition) is 0. The number of cyclic esters (lactones) is 1. The summed E-state index contributed by atoms with van der Waals surface area (Å²) in [6.07, 6.45) is 3.26. The van der Waals surface area contributed by atoms with E-state index in [0.29, 0.717) is 12.5 Å². The van der Waals surface area contributed by atoms with E-state index >= 15 is 0 Å². The molecule has 0 bridgehead atoms. The molecule has 0 amide bonds. The molecule has 0 spiro atoms. The van der Waals surface area contributed by atoms with Crippen molar-refractivity contribution in [2.75, 3.05) is 6.61 Å². The van der Waals surface area contributed by atoms with Gasteiger partial charge in [-0.15, -0.1) is 0 Å². The molecule has 1 unspecified atom stereocenters. The normalized spacial score (nSPS) is 24.2. The second kappa shape index (κ2) is 3.78. The lowest BCUT2D eigenvalue weighted by atomic mass is 9.82. The Morgan fingerprint density at radius 2 is 2.00 bits per heavy atom. The lowest BCUT2D eigenvalue weighted by Gasteiger charge is -2.20. The largest absolute Gasteiger partial charge is 0.462 e. The first-order chi connectivity index (χ1) is 7.86. The lowest BCUT2D eigenvalue weighted by molar-refractivity contribution is -0.135. The van der Waals surface area contributed by atoms with Gasteiger partial charge in [0.25, 0.3) is 0 Å². The van der Waals surface area contributed by atoms with Crippen LogP contribution in [0.4, 0.5) is 0 Å². The summed E-state index contributed by atoms with van der Waals surface area (Å²) in [5.74, 6) is 0.250. The minimum atomic E-state index is -0.0939. The Morgan fingerprint density at radius 1 is 1.19 bits per heavy atom. The fourth-order valence-electron chi connectivity index (χ4n) is 2.70. The highest BCUT2D eigenvalue weighted by Crippen LogP contribution is 2.39. The third-order valence-corrected chi connectivity index (χ3v) is 3.47. The molecule has 3 rings (SSSR count). The number of carbonyl (C=O) groups is 1. The smallest absolute Gasteiger partial charge is 0.334 e. The number of allylic oxidation sites excluding steroid dienone is 1. The molecule has 1 aliphatic carbocycles. The molecule has 0 radical (unpaired) electrons. The molecule has 82 valence electrons. The van der Waals surface area contributed by atoms with E-state index in [1.54, 1.807) is 0 Å². The average Bonchev–Trinajstić information content (AvgIpc) is 2.73. The molecule has 1 aromatic rings. The molecule has 1 aromatic carbocycles. The third kappa shape index (κ3) is 1.45. The molecule has 1 fully saturated rings. The Hall–Kier alpha value is -1.57. The Bertz CT molecular complexity index is 445. The van der Waals surface area contributed by atoms with Crippen molar-refractivity contribution in [2.24, 2.45) is 5.92 Å². The molecule has 0 aromatic heterocycles. The van der Waals surface area contributed by atoms with E-state index < -0.39 is 0 Å². The standard InChI is InChI=1S/C14H14O2/c15-14-13-11(9-16-14)7-4-8-12(13)10-5-2-1-3-6-10/h1-3,5-6,11H,4,7-9H2. The molecular formula is C14H14O2. The predicted octanol–water partition coefficient (Wildman–Crippen LogP) is 2.80. The summed E-state index contributed by atoms with van der Waals surface area (Å²) in [5.41, 5.74) is 3.33. The van der Waals surface area contributed by atoms with Crippen molar-refractivity contribution in [1.29, 1.82) is 0 Å². The van der Waals surface area contributed by atoms with Crippen LogP contribution in [0, 0.1) is 5.92 Å². The Balaban J connectivity index is 2.11. The summed E-state index contributed by atoms with van der Waals surface area (Å²) in [6, 6.07) is 10.2. The number of carbonyl (C=O) groups excluding carboxylic acids is 1. The maximum Gasteiger partial charge on any atom is 0.334 e. The number of ether oxygens (including phenoxy) is 1. The summed E-state index contributed by atoms with van der Waals surface area (Å²) in [4.78, 5) is 11.7. The van der Waals surface area contributed by atoms with Crippen molar-refractivity contribution >= 4 is 11.5 Å². The molecule has 2 heteroatoms. The maximum atomic E-state index is 11.7. The van der Waals surface area contributed by atoms with Crippen LogP contribution in [0.3, 0.4) is 0 Å². The predicted molar refractivity (Wildman–Crippen MR) is 61.7 cm³/mol. The summed E-state index contributed by atoms with van der Waals surface area (Å²) in [5, 5.41) is 0. The molecular weight excluding hydrogens is 200 g/mol. The van der Waals surface area contributed by atoms with Crippen LogP contribution >= 0.6 is 0 Å². The summed E-state index contributed by atoms with van der Waals surface area (Å²) in [6.45, 7) is 0.588. The van der Waals surface area contributed by atoms with Crippen LogP contribution < -0.4 is 0 Å². The highest BCUT2D eigenvalue weighted by molar-refractivity contribution is 6.00. The van der Waals surface area contributed by atoms with Gasteiger partial charge >= 0.3 is 5.97 Å². The monoisotopic (exact) mass is 214 g/mol. The topological polar surface area (TPSA) is 26.3 Å². The van der Waals surface area contributed by atoms with E-state index in [0.717, 1.165) is 24.8 Å². The molecule has 16 heavy (non-hydrogen) atoms. The zero-order valence-electron chi connectivity index (χ0n) is 9.11. The van der Waals surface area contributed by atoms with E-state index in [1.807, 2.05) is 18.2 Å². The van der Waals surface area contributed by atoms with Gasteiger partial charge in [-0.25, -0.2) is 4.79 Å². The molecule has 0 saturated carbocycles. The van der Waals surface area contributed by atoms with E-state index in [2.05, 4.69) is 12.1 Å². The van der Waals surface area contributed by atoms with Gasteiger partial charge < -0.3 is 4.74 Å². The van der Waals surface area contributed by atoms with Gasteiger partial charge in [0.05, 0.1) is 6.61 Å².